The third kappa shape index (κ3) is 5.37. The van der Waals surface area contributed by atoms with E-state index in [1.54, 1.807) is 30.3 Å². The van der Waals surface area contributed by atoms with E-state index in [1.165, 1.54) is 0 Å². The number of anilines is 3. The van der Waals surface area contributed by atoms with Gasteiger partial charge in [0.05, 0.1) is 10.7 Å². The summed E-state index contributed by atoms with van der Waals surface area (Å²) < 4.78 is 68.9. The molecule has 4 rings (SSSR count). The van der Waals surface area contributed by atoms with E-state index in [2.05, 4.69) is 26.1 Å². The number of hydrogen-bond acceptors (Lipinski definition) is 3. The van der Waals surface area contributed by atoms with Gasteiger partial charge in [-0.15, -0.1) is 0 Å². The Bertz CT molecular complexity index is 1300. The maximum absolute atomic E-state index is 14.2. The third-order valence-corrected chi connectivity index (χ3v) is 6.64. The Balaban J connectivity index is 1.43. The van der Waals surface area contributed by atoms with E-state index in [4.69, 9.17) is 11.6 Å². The van der Waals surface area contributed by atoms with Crippen molar-refractivity contribution < 1.29 is 26.7 Å². The Morgan fingerprint density at radius 1 is 0.784 bits per heavy atom. The number of nitrogens with one attached hydrogen (secondary N) is 1. The number of nitrogens with zero attached hydrogens (tertiary/aromatic N) is 2. The first-order chi connectivity index (χ1) is 17.4. The van der Waals surface area contributed by atoms with Crippen LogP contribution in [0, 0.1) is 29.1 Å². The van der Waals surface area contributed by atoms with E-state index in [0.717, 1.165) is 10.5 Å². The van der Waals surface area contributed by atoms with Crippen molar-refractivity contribution >= 4 is 34.6 Å². The molecule has 1 saturated heterocycles. The van der Waals surface area contributed by atoms with Crippen LogP contribution in [0.2, 0.25) is 5.02 Å². The van der Waals surface area contributed by atoms with E-state index in [0.29, 0.717) is 22.0 Å². The lowest BCUT2D eigenvalue weighted by Crippen LogP contribution is -2.47. The molecule has 3 aromatic rings. The quantitative estimate of drug-likeness (QED) is 0.223. The van der Waals surface area contributed by atoms with E-state index >= 15 is 0 Å². The van der Waals surface area contributed by atoms with E-state index in [-0.39, 0.29) is 37.5 Å². The summed E-state index contributed by atoms with van der Waals surface area (Å²) in [5, 5.41) is 3.15. The summed E-state index contributed by atoms with van der Waals surface area (Å²) >= 11 is 6.46. The number of amides is 1. The molecule has 0 unspecified atom stereocenters. The highest BCUT2D eigenvalue weighted by Crippen LogP contribution is 2.34. The van der Waals surface area contributed by atoms with Crippen LogP contribution in [0.15, 0.2) is 42.5 Å². The van der Waals surface area contributed by atoms with Crippen LogP contribution in [-0.2, 0) is 5.41 Å². The first-order valence-corrected chi connectivity index (χ1v) is 12.0. The Morgan fingerprint density at radius 3 is 1.81 bits per heavy atom. The summed E-state index contributed by atoms with van der Waals surface area (Å²) in [4.78, 5) is 15.6. The second-order valence-electron chi connectivity index (χ2n) is 9.84. The normalized spacial score (nSPS) is 14.2. The number of carbonyl (C=O) groups excluding carboxylic acids is 1. The molecule has 0 bridgehead atoms. The Kier molecular flexibility index (Phi) is 7.37. The Hall–Kier alpha value is -3.33. The standard InChI is InChI=1S/C27H25ClF5N3O/c1-27(2,3)16-6-4-15(5-7-16)26(37)34-17-8-9-19(18(28)14-17)35-10-12-36(13-11-35)25-23(32)21(30)20(29)22(31)24(25)33/h4-9,14H,10-13H2,1-3H3,(H,34,37). The number of rotatable bonds is 4. The van der Waals surface area contributed by atoms with Gasteiger partial charge in [-0.05, 0) is 41.3 Å². The van der Waals surface area contributed by atoms with Crippen molar-refractivity contribution in [3.8, 4) is 0 Å². The highest BCUT2D eigenvalue weighted by Gasteiger charge is 2.31. The van der Waals surface area contributed by atoms with Crippen molar-refractivity contribution in [2.45, 2.75) is 26.2 Å². The first-order valence-electron chi connectivity index (χ1n) is 11.6. The summed E-state index contributed by atoms with van der Waals surface area (Å²) in [6, 6.07) is 12.3. The molecule has 1 amide bonds. The first kappa shape index (κ1) is 26.7. The van der Waals surface area contributed by atoms with Crippen LogP contribution in [0.1, 0.15) is 36.7 Å². The SMILES string of the molecule is CC(C)(C)c1ccc(C(=O)Nc2ccc(N3CCN(c4c(F)c(F)c(F)c(F)c4F)CC3)c(Cl)c2)cc1. The number of piperazine rings is 1. The molecule has 1 aliphatic heterocycles. The number of benzene rings is 3. The average molecular weight is 538 g/mol. The van der Waals surface area contributed by atoms with E-state index in [1.807, 2.05) is 17.0 Å². The minimum Gasteiger partial charge on any atom is -0.367 e. The lowest BCUT2D eigenvalue weighted by Gasteiger charge is -2.38. The molecule has 1 fully saturated rings. The average Bonchev–Trinajstić information content (AvgIpc) is 2.86. The zero-order valence-corrected chi connectivity index (χ0v) is 21.2. The van der Waals surface area contributed by atoms with Crippen LogP contribution in [0.25, 0.3) is 0 Å². The fraction of sp³-hybridized carbons (Fsp3) is 0.296. The van der Waals surface area contributed by atoms with Crippen LogP contribution < -0.4 is 15.1 Å². The second kappa shape index (κ2) is 10.2. The van der Waals surface area contributed by atoms with Crippen LogP contribution >= 0.6 is 11.6 Å². The highest BCUT2D eigenvalue weighted by molar-refractivity contribution is 6.33. The summed E-state index contributed by atoms with van der Waals surface area (Å²) in [6.45, 7) is 6.74. The molecule has 0 radical (unpaired) electrons. The van der Waals surface area contributed by atoms with Crippen molar-refractivity contribution in [2.75, 3.05) is 41.3 Å². The highest BCUT2D eigenvalue weighted by atomic mass is 35.5. The molecular weight excluding hydrogens is 513 g/mol. The van der Waals surface area contributed by atoms with Gasteiger partial charge in [0.15, 0.2) is 23.3 Å². The molecule has 37 heavy (non-hydrogen) atoms. The molecule has 0 saturated carbocycles. The van der Waals surface area contributed by atoms with Crippen LogP contribution in [0.5, 0.6) is 0 Å². The summed E-state index contributed by atoms with van der Waals surface area (Å²) in [5.74, 6) is -10.1. The molecule has 0 aromatic heterocycles. The van der Waals surface area contributed by atoms with Gasteiger partial charge in [0.2, 0.25) is 5.82 Å². The second-order valence-corrected chi connectivity index (χ2v) is 10.2. The molecule has 1 heterocycles. The monoisotopic (exact) mass is 537 g/mol. The molecule has 0 atom stereocenters. The molecule has 1 aliphatic rings. The maximum Gasteiger partial charge on any atom is 0.255 e. The largest absolute Gasteiger partial charge is 0.367 e. The van der Waals surface area contributed by atoms with Gasteiger partial charge in [-0.3, -0.25) is 4.79 Å². The minimum absolute atomic E-state index is 0.0116. The van der Waals surface area contributed by atoms with Gasteiger partial charge in [-0.1, -0.05) is 44.5 Å². The van der Waals surface area contributed by atoms with Crippen molar-refractivity contribution in [2.24, 2.45) is 0 Å². The fourth-order valence-electron chi connectivity index (χ4n) is 4.21. The molecular formula is C27H25ClF5N3O. The van der Waals surface area contributed by atoms with Gasteiger partial charge in [0, 0.05) is 37.4 Å². The predicted molar refractivity (Wildman–Crippen MR) is 135 cm³/mol. The zero-order chi connectivity index (χ0) is 27.1. The van der Waals surface area contributed by atoms with Gasteiger partial charge >= 0.3 is 0 Å². The predicted octanol–water partition coefficient (Wildman–Crippen LogP) is 6.91. The zero-order valence-electron chi connectivity index (χ0n) is 20.4. The summed E-state index contributed by atoms with van der Waals surface area (Å²) in [5.41, 5.74) is 1.74. The van der Waals surface area contributed by atoms with Gasteiger partial charge in [-0.2, -0.15) is 0 Å². The lowest BCUT2D eigenvalue weighted by molar-refractivity contribution is 0.102. The fourth-order valence-corrected chi connectivity index (χ4v) is 4.51. The summed E-state index contributed by atoms with van der Waals surface area (Å²) in [7, 11) is 0. The topological polar surface area (TPSA) is 35.6 Å². The van der Waals surface area contributed by atoms with Crippen molar-refractivity contribution in [3.63, 3.8) is 0 Å². The van der Waals surface area contributed by atoms with Gasteiger partial charge in [-0.25, -0.2) is 22.0 Å². The molecule has 0 aliphatic carbocycles. The number of halogens is 6. The number of carbonyl (C=O) groups is 1. The van der Waals surface area contributed by atoms with Crippen molar-refractivity contribution in [1.82, 2.24) is 0 Å². The molecule has 196 valence electrons. The Labute approximate surface area is 216 Å². The van der Waals surface area contributed by atoms with Crippen LogP contribution in [0.4, 0.5) is 39.0 Å². The Morgan fingerprint density at radius 2 is 1.30 bits per heavy atom. The van der Waals surface area contributed by atoms with Gasteiger partial charge < -0.3 is 15.1 Å². The van der Waals surface area contributed by atoms with E-state index < -0.39 is 34.8 Å². The lowest BCUT2D eigenvalue weighted by atomic mass is 9.87. The van der Waals surface area contributed by atoms with Crippen molar-refractivity contribution in [3.05, 3.63) is 87.7 Å². The minimum atomic E-state index is -2.18. The molecule has 3 aromatic carbocycles. The summed E-state index contributed by atoms with van der Waals surface area (Å²) in [6.07, 6.45) is 0. The molecule has 0 spiro atoms. The third-order valence-electron chi connectivity index (χ3n) is 6.34. The smallest absolute Gasteiger partial charge is 0.255 e. The van der Waals surface area contributed by atoms with Gasteiger partial charge in [0.25, 0.3) is 5.91 Å². The van der Waals surface area contributed by atoms with E-state index in [9.17, 15) is 26.7 Å². The molecule has 10 heteroatoms. The van der Waals surface area contributed by atoms with Gasteiger partial charge in [0.1, 0.15) is 5.69 Å². The van der Waals surface area contributed by atoms with Crippen LogP contribution in [-0.4, -0.2) is 32.1 Å². The number of hydrogen-bond donors (Lipinski definition) is 1. The maximum atomic E-state index is 14.2. The van der Waals surface area contributed by atoms with Crippen molar-refractivity contribution in [1.29, 1.82) is 0 Å². The molecule has 1 N–H and O–H groups in total. The van der Waals surface area contributed by atoms with Crippen LogP contribution in [0.3, 0.4) is 0 Å². The molecule has 4 nitrogen and oxygen atoms in total.